The topological polar surface area (TPSA) is 58.4 Å². The van der Waals surface area contributed by atoms with Crippen LogP contribution in [0.5, 0.6) is 0 Å². The summed E-state index contributed by atoms with van der Waals surface area (Å²) in [5, 5.41) is 2.96. The number of nitrogens with zero attached hydrogens (tertiary/aromatic N) is 1. The van der Waals surface area contributed by atoms with E-state index in [1.54, 1.807) is 0 Å². The van der Waals surface area contributed by atoms with Crippen molar-refractivity contribution in [2.75, 3.05) is 25.0 Å². The van der Waals surface area contributed by atoms with Gasteiger partial charge in [0.05, 0.1) is 6.54 Å². The first-order chi connectivity index (χ1) is 9.20. The number of carbonyl (C=O) groups excluding carboxylic acids is 1. The molecule has 19 heavy (non-hydrogen) atoms. The molecule has 4 heteroatoms. The Bertz CT molecular complexity index is 470. The van der Waals surface area contributed by atoms with Crippen LogP contribution in [0.3, 0.4) is 0 Å². The van der Waals surface area contributed by atoms with Gasteiger partial charge in [-0.05, 0) is 25.0 Å². The number of amides is 1. The molecule has 2 rings (SSSR count). The minimum Gasteiger partial charge on any atom is -0.329 e. The molecule has 0 aromatic heterocycles. The Morgan fingerprint density at radius 3 is 3.00 bits per heavy atom. The van der Waals surface area contributed by atoms with Crippen molar-refractivity contribution in [1.82, 2.24) is 4.90 Å². The quantitative estimate of drug-likeness (QED) is 0.806. The number of benzene rings is 1. The lowest BCUT2D eigenvalue weighted by atomic mass is 10.1. The van der Waals surface area contributed by atoms with Crippen LogP contribution in [-0.4, -0.2) is 36.5 Å². The fourth-order valence-corrected chi connectivity index (χ4v) is 2.29. The van der Waals surface area contributed by atoms with Crippen LogP contribution in [0.25, 0.3) is 0 Å². The van der Waals surface area contributed by atoms with Crippen LogP contribution in [-0.2, 0) is 4.79 Å². The third-order valence-electron chi connectivity index (χ3n) is 3.42. The molecule has 1 heterocycles. The number of nitrogens with one attached hydrogen (secondary N) is 1. The number of para-hydroxylation sites is 1. The Hall–Kier alpha value is -1.65. The van der Waals surface area contributed by atoms with Crippen LogP contribution in [0.15, 0.2) is 36.4 Å². The summed E-state index contributed by atoms with van der Waals surface area (Å²) in [6, 6.07) is 7.97. The monoisotopic (exact) mass is 259 g/mol. The summed E-state index contributed by atoms with van der Waals surface area (Å²) < 4.78 is 0. The second kappa shape index (κ2) is 6.50. The van der Waals surface area contributed by atoms with E-state index in [9.17, 15) is 4.79 Å². The van der Waals surface area contributed by atoms with E-state index in [1.165, 1.54) is 0 Å². The van der Waals surface area contributed by atoms with Gasteiger partial charge in [0.1, 0.15) is 0 Å². The molecule has 0 fully saturated rings. The Kier molecular flexibility index (Phi) is 4.71. The molecule has 1 aromatic carbocycles. The maximum atomic E-state index is 12.1. The highest BCUT2D eigenvalue weighted by atomic mass is 16.2. The lowest BCUT2D eigenvalue weighted by Crippen LogP contribution is -2.45. The molecule has 0 radical (unpaired) electrons. The molecular formula is C15H21N3O. The van der Waals surface area contributed by atoms with Crippen molar-refractivity contribution in [2.24, 2.45) is 5.73 Å². The lowest BCUT2D eigenvalue weighted by molar-refractivity contribution is -0.117. The van der Waals surface area contributed by atoms with Crippen LogP contribution in [0.1, 0.15) is 12.0 Å². The van der Waals surface area contributed by atoms with Crippen molar-refractivity contribution in [2.45, 2.75) is 19.4 Å². The van der Waals surface area contributed by atoms with E-state index in [4.69, 9.17) is 5.73 Å². The third-order valence-corrected chi connectivity index (χ3v) is 3.42. The van der Waals surface area contributed by atoms with E-state index < -0.39 is 0 Å². The first-order valence-corrected chi connectivity index (χ1v) is 6.67. The predicted molar refractivity (Wildman–Crippen MR) is 78.0 cm³/mol. The molecule has 0 saturated carbocycles. The maximum Gasteiger partial charge on any atom is 0.238 e. The Morgan fingerprint density at radius 1 is 1.47 bits per heavy atom. The zero-order valence-corrected chi connectivity index (χ0v) is 11.3. The number of hydrogen-bond donors (Lipinski definition) is 2. The van der Waals surface area contributed by atoms with E-state index >= 15 is 0 Å². The standard InChI is InChI=1S/C15H21N3O/c1-12-6-2-3-8-14(12)17-15(19)11-18-9-5-4-7-13(18)10-16/h2-4,6-8,13H,5,9-11,16H2,1H3,(H,17,19). The largest absolute Gasteiger partial charge is 0.329 e. The molecule has 1 aromatic rings. The normalized spacial score (nSPS) is 19.4. The fourth-order valence-electron chi connectivity index (χ4n) is 2.29. The van der Waals surface area contributed by atoms with Crippen LogP contribution >= 0.6 is 0 Å². The second-order valence-corrected chi connectivity index (χ2v) is 4.85. The Morgan fingerprint density at radius 2 is 2.26 bits per heavy atom. The van der Waals surface area contributed by atoms with Gasteiger partial charge >= 0.3 is 0 Å². The minimum absolute atomic E-state index is 0.0167. The summed E-state index contributed by atoms with van der Waals surface area (Å²) in [6.45, 7) is 3.82. The summed E-state index contributed by atoms with van der Waals surface area (Å²) >= 11 is 0. The Balaban J connectivity index is 1.94. The van der Waals surface area contributed by atoms with Crippen LogP contribution in [0.4, 0.5) is 5.69 Å². The Labute approximate surface area is 114 Å². The average molecular weight is 259 g/mol. The summed E-state index contributed by atoms with van der Waals surface area (Å²) in [5.41, 5.74) is 7.67. The molecule has 1 atom stereocenters. The fraction of sp³-hybridized carbons (Fsp3) is 0.400. The SMILES string of the molecule is Cc1ccccc1NC(=O)CN1CCC=CC1CN. The molecule has 1 aliphatic rings. The molecule has 1 amide bonds. The minimum atomic E-state index is 0.0167. The van der Waals surface area contributed by atoms with Crippen LogP contribution < -0.4 is 11.1 Å². The van der Waals surface area contributed by atoms with Crippen molar-refractivity contribution >= 4 is 11.6 Å². The summed E-state index contributed by atoms with van der Waals surface area (Å²) in [4.78, 5) is 14.2. The van der Waals surface area contributed by atoms with Gasteiger partial charge in [-0.1, -0.05) is 30.4 Å². The van der Waals surface area contributed by atoms with Crippen molar-refractivity contribution in [1.29, 1.82) is 0 Å². The highest BCUT2D eigenvalue weighted by Gasteiger charge is 2.19. The lowest BCUT2D eigenvalue weighted by Gasteiger charge is -2.30. The van der Waals surface area contributed by atoms with Gasteiger partial charge in [0.25, 0.3) is 0 Å². The van der Waals surface area contributed by atoms with Crippen molar-refractivity contribution in [3.63, 3.8) is 0 Å². The molecule has 4 nitrogen and oxygen atoms in total. The number of carbonyl (C=O) groups is 1. The number of aryl methyl sites for hydroxylation is 1. The molecule has 102 valence electrons. The molecule has 1 aliphatic heterocycles. The first kappa shape index (κ1) is 13.8. The maximum absolute atomic E-state index is 12.1. The van der Waals surface area contributed by atoms with Crippen LogP contribution in [0, 0.1) is 6.92 Å². The van der Waals surface area contributed by atoms with Crippen molar-refractivity contribution in [3.8, 4) is 0 Å². The van der Waals surface area contributed by atoms with E-state index in [0.717, 1.165) is 24.2 Å². The molecule has 0 saturated heterocycles. The molecule has 3 N–H and O–H groups in total. The summed E-state index contributed by atoms with van der Waals surface area (Å²) in [5.74, 6) is 0.0167. The van der Waals surface area contributed by atoms with Gasteiger partial charge in [-0.2, -0.15) is 0 Å². The average Bonchev–Trinajstić information content (AvgIpc) is 2.42. The van der Waals surface area contributed by atoms with Crippen molar-refractivity contribution < 1.29 is 4.79 Å². The summed E-state index contributed by atoms with van der Waals surface area (Å²) in [6.07, 6.45) is 5.20. The predicted octanol–water partition coefficient (Wildman–Crippen LogP) is 1.52. The van der Waals surface area contributed by atoms with Crippen molar-refractivity contribution in [3.05, 3.63) is 42.0 Å². The van der Waals surface area contributed by atoms with Crippen LogP contribution in [0.2, 0.25) is 0 Å². The van der Waals surface area contributed by atoms with Gasteiger partial charge in [-0.15, -0.1) is 0 Å². The molecule has 0 aliphatic carbocycles. The number of rotatable bonds is 4. The number of anilines is 1. The summed E-state index contributed by atoms with van der Waals surface area (Å²) in [7, 11) is 0. The van der Waals surface area contributed by atoms with Gasteiger partial charge < -0.3 is 11.1 Å². The molecular weight excluding hydrogens is 238 g/mol. The highest BCUT2D eigenvalue weighted by molar-refractivity contribution is 5.93. The highest BCUT2D eigenvalue weighted by Crippen LogP contribution is 2.14. The molecule has 0 bridgehead atoms. The molecule has 0 spiro atoms. The molecule has 1 unspecified atom stereocenters. The second-order valence-electron chi connectivity index (χ2n) is 4.85. The smallest absolute Gasteiger partial charge is 0.238 e. The van der Waals surface area contributed by atoms with Gasteiger partial charge in [0.15, 0.2) is 0 Å². The van der Waals surface area contributed by atoms with Gasteiger partial charge in [0.2, 0.25) is 5.91 Å². The van der Waals surface area contributed by atoms with E-state index in [1.807, 2.05) is 31.2 Å². The number of nitrogens with two attached hydrogens (primary N) is 1. The number of hydrogen-bond acceptors (Lipinski definition) is 3. The van der Waals surface area contributed by atoms with E-state index in [-0.39, 0.29) is 11.9 Å². The van der Waals surface area contributed by atoms with E-state index in [0.29, 0.717) is 13.1 Å². The first-order valence-electron chi connectivity index (χ1n) is 6.67. The van der Waals surface area contributed by atoms with Gasteiger partial charge in [-0.25, -0.2) is 0 Å². The third kappa shape index (κ3) is 3.66. The zero-order valence-electron chi connectivity index (χ0n) is 11.3. The van der Waals surface area contributed by atoms with Gasteiger partial charge in [-0.3, -0.25) is 9.69 Å². The zero-order chi connectivity index (χ0) is 13.7. The van der Waals surface area contributed by atoms with Gasteiger partial charge in [0, 0.05) is 24.8 Å². The van der Waals surface area contributed by atoms with E-state index in [2.05, 4.69) is 22.4 Å².